The van der Waals surface area contributed by atoms with Gasteiger partial charge < -0.3 is 34.5 Å². The van der Waals surface area contributed by atoms with Crippen LogP contribution in [0.3, 0.4) is 0 Å². The molecule has 1 fully saturated rings. The van der Waals surface area contributed by atoms with Gasteiger partial charge in [0.05, 0.1) is 26.4 Å². The summed E-state index contributed by atoms with van der Waals surface area (Å²) < 4.78 is 65.4. The van der Waals surface area contributed by atoms with Crippen molar-refractivity contribution >= 4 is 17.5 Å². The monoisotopic (exact) mass is 579 g/mol. The van der Waals surface area contributed by atoms with Crippen molar-refractivity contribution in [2.24, 2.45) is 0 Å². The third-order valence-corrected chi connectivity index (χ3v) is 6.51. The minimum Gasteiger partial charge on any atom is -0.497 e. The maximum atomic E-state index is 15.2. The lowest BCUT2D eigenvalue weighted by Crippen LogP contribution is -2.44. The van der Waals surface area contributed by atoms with E-state index in [0.29, 0.717) is 0 Å². The number of carbonyl (C=O) groups excluding carboxylic acids is 2. The molecule has 218 valence electrons. The molecule has 0 bridgehead atoms. The Hall–Kier alpha value is -4.43. The number of amides is 2. The summed E-state index contributed by atoms with van der Waals surface area (Å²) in [4.78, 5) is 40.8. The Labute approximate surface area is 230 Å². The Bertz CT molecular complexity index is 1460. The van der Waals surface area contributed by atoms with Crippen LogP contribution in [-0.4, -0.2) is 65.6 Å². The molecule has 2 aromatic carbocycles. The summed E-state index contributed by atoms with van der Waals surface area (Å²) in [5.41, 5.74) is -1.51. The minimum atomic E-state index is -3.08. The first-order valence-electron chi connectivity index (χ1n) is 12.2. The molecule has 3 aromatic rings. The van der Waals surface area contributed by atoms with Crippen molar-refractivity contribution in [3.05, 3.63) is 87.8 Å². The highest BCUT2D eigenvalue weighted by Crippen LogP contribution is 2.36. The van der Waals surface area contributed by atoms with E-state index < -0.39 is 72.4 Å². The summed E-state index contributed by atoms with van der Waals surface area (Å²) in [5, 5.41) is 21.4. The average Bonchev–Trinajstić information content (AvgIpc) is 3.24. The highest BCUT2D eigenvalue weighted by molar-refractivity contribution is 6.05. The van der Waals surface area contributed by atoms with E-state index in [4.69, 9.17) is 9.84 Å². The Morgan fingerprint density at radius 2 is 1.76 bits per heavy atom. The van der Waals surface area contributed by atoms with Gasteiger partial charge in [-0.25, -0.2) is 8.78 Å². The van der Waals surface area contributed by atoms with Crippen LogP contribution in [0.1, 0.15) is 21.8 Å². The van der Waals surface area contributed by atoms with Crippen LogP contribution in [0.25, 0.3) is 0 Å². The number of methoxy groups -OCH3 is 1. The number of rotatable bonds is 10. The zero-order chi connectivity index (χ0) is 29.8. The van der Waals surface area contributed by atoms with Crippen LogP contribution in [0, 0.1) is 11.6 Å². The molecule has 4 rings (SSSR count). The molecule has 1 aliphatic rings. The Morgan fingerprint density at radius 3 is 2.34 bits per heavy atom. The smallest absolute Gasteiger partial charge is 0.387 e. The summed E-state index contributed by atoms with van der Waals surface area (Å²) in [6.07, 6.45) is 0.0589. The normalized spacial score (nSPS) is 17.6. The SMILES string of the molecule is COc1cc(F)c([C@@H]2CN(c3cccn(CC(O)CO)c3=O)C(=O)[C@H]2NC(=O)c2ccc(OC(F)F)cc2)c(F)c1. The standard InChI is InChI=1S/C27H25F4N3O7/c1-40-17-9-19(28)22(20(29)10-17)18-12-34(21-3-2-8-33(25(21)38)11-15(36)13-35)26(39)23(18)32-24(37)14-4-6-16(7-5-14)41-27(30)31/h2-10,15,18,23,27,35-36H,11-13H2,1H3,(H,32,37)/t15?,18-,23-/m0/s1. The lowest BCUT2D eigenvalue weighted by atomic mass is 9.92. The van der Waals surface area contributed by atoms with E-state index in [0.717, 1.165) is 45.9 Å². The van der Waals surface area contributed by atoms with Crippen LogP contribution in [0.2, 0.25) is 0 Å². The van der Waals surface area contributed by atoms with Crippen LogP contribution >= 0.6 is 0 Å². The van der Waals surface area contributed by atoms with Crippen LogP contribution in [-0.2, 0) is 11.3 Å². The molecular weight excluding hydrogens is 554 g/mol. The number of halogens is 4. The van der Waals surface area contributed by atoms with E-state index >= 15 is 8.78 Å². The van der Waals surface area contributed by atoms with Crippen molar-refractivity contribution in [1.82, 2.24) is 9.88 Å². The largest absolute Gasteiger partial charge is 0.497 e. The minimum absolute atomic E-state index is 0.0626. The topological polar surface area (TPSA) is 130 Å². The molecule has 10 nitrogen and oxygen atoms in total. The zero-order valence-corrected chi connectivity index (χ0v) is 21.5. The van der Waals surface area contributed by atoms with E-state index in [1.165, 1.54) is 25.4 Å². The number of aromatic nitrogens is 1. The zero-order valence-electron chi connectivity index (χ0n) is 21.5. The quantitative estimate of drug-likeness (QED) is 0.314. The van der Waals surface area contributed by atoms with Gasteiger partial charge in [-0.15, -0.1) is 0 Å². The van der Waals surface area contributed by atoms with Crippen molar-refractivity contribution in [1.29, 1.82) is 0 Å². The van der Waals surface area contributed by atoms with Crippen molar-refractivity contribution in [2.75, 3.05) is 25.2 Å². The Kier molecular flexibility index (Phi) is 8.93. The van der Waals surface area contributed by atoms with Gasteiger partial charge in [0.1, 0.15) is 34.9 Å². The van der Waals surface area contributed by atoms with Gasteiger partial charge in [-0.05, 0) is 36.4 Å². The van der Waals surface area contributed by atoms with Gasteiger partial charge in [0.15, 0.2) is 0 Å². The highest BCUT2D eigenvalue weighted by atomic mass is 19.3. The number of benzene rings is 2. The molecule has 0 spiro atoms. The number of nitrogens with one attached hydrogen (secondary N) is 1. The Balaban J connectivity index is 1.72. The van der Waals surface area contributed by atoms with Crippen molar-refractivity contribution in [2.45, 2.75) is 31.2 Å². The van der Waals surface area contributed by atoms with E-state index in [2.05, 4.69) is 10.1 Å². The first-order valence-corrected chi connectivity index (χ1v) is 12.2. The van der Waals surface area contributed by atoms with Crippen LogP contribution < -0.4 is 25.2 Å². The van der Waals surface area contributed by atoms with E-state index in [9.17, 15) is 28.3 Å². The summed E-state index contributed by atoms with van der Waals surface area (Å²) in [6.45, 7) is -4.41. The van der Waals surface area contributed by atoms with E-state index in [1.807, 2.05) is 0 Å². The number of ether oxygens (including phenoxy) is 2. The molecule has 0 saturated carbocycles. The second-order valence-corrected chi connectivity index (χ2v) is 9.10. The molecule has 41 heavy (non-hydrogen) atoms. The predicted molar refractivity (Wildman–Crippen MR) is 136 cm³/mol. The summed E-state index contributed by atoms with van der Waals surface area (Å²) >= 11 is 0. The lowest BCUT2D eigenvalue weighted by Gasteiger charge is -2.20. The van der Waals surface area contributed by atoms with E-state index in [1.54, 1.807) is 0 Å². The predicted octanol–water partition coefficient (Wildman–Crippen LogP) is 2.02. The fourth-order valence-corrected chi connectivity index (χ4v) is 4.57. The van der Waals surface area contributed by atoms with Crippen LogP contribution in [0.15, 0.2) is 59.5 Å². The van der Waals surface area contributed by atoms with Crippen LogP contribution in [0.4, 0.5) is 23.2 Å². The fourth-order valence-electron chi connectivity index (χ4n) is 4.57. The number of hydrogen-bond acceptors (Lipinski definition) is 7. The maximum absolute atomic E-state index is 15.2. The third-order valence-electron chi connectivity index (χ3n) is 6.51. The molecule has 0 radical (unpaired) electrons. The summed E-state index contributed by atoms with van der Waals surface area (Å²) in [5.74, 6) is -5.46. The number of anilines is 1. The molecule has 14 heteroatoms. The number of carbonyl (C=O) groups is 2. The van der Waals surface area contributed by atoms with Gasteiger partial charge >= 0.3 is 6.61 Å². The lowest BCUT2D eigenvalue weighted by molar-refractivity contribution is -0.118. The second kappa shape index (κ2) is 12.4. The van der Waals surface area contributed by atoms with Gasteiger partial charge in [-0.1, -0.05) is 0 Å². The summed E-state index contributed by atoms with van der Waals surface area (Å²) in [6, 6.07) is 7.53. The first-order chi connectivity index (χ1) is 19.5. The van der Waals surface area contributed by atoms with Crippen LogP contribution in [0.5, 0.6) is 11.5 Å². The number of aliphatic hydroxyl groups excluding tert-OH is 2. The summed E-state index contributed by atoms with van der Waals surface area (Å²) in [7, 11) is 1.21. The van der Waals surface area contributed by atoms with Crippen molar-refractivity contribution < 1.29 is 46.8 Å². The van der Waals surface area contributed by atoms with Gasteiger partial charge in [-0.2, -0.15) is 8.78 Å². The van der Waals surface area contributed by atoms with Gasteiger partial charge in [0.25, 0.3) is 11.5 Å². The molecule has 1 unspecified atom stereocenters. The third kappa shape index (κ3) is 6.33. The molecule has 2 amide bonds. The molecule has 0 aliphatic carbocycles. The Morgan fingerprint density at radius 1 is 1.10 bits per heavy atom. The van der Waals surface area contributed by atoms with Gasteiger partial charge in [0.2, 0.25) is 5.91 Å². The number of alkyl halides is 2. The van der Waals surface area contributed by atoms with Gasteiger partial charge in [0, 0.05) is 41.9 Å². The molecule has 2 heterocycles. The van der Waals surface area contributed by atoms with Crippen molar-refractivity contribution in [3.63, 3.8) is 0 Å². The number of aliphatic hydroxyl groups is 2. The molecule has 3 atom stereocenters. The fraction of sp³-hybridized carbons (Fsp3) is 0.296. The maximum Gasteiger partial charge on any atom is 0.387 e. The second-order valence-electron chi connectivity index (χ2n) is 9.10. The molecule has 1 aliphatic heterocycles. The number of pyridine rings is 1. The van der Waals surface area contributed by atoms with E-state index in [-0.39, 0.29) is 29.3 Å². The average molecular weight is 580 g/mol. The molecule has 1 aromatic heterocycles. The number of nitrogens with zero attached hydrogens (tertiary/aromatic N) is 2. The van der Waals surface area contributed by atoms with Gasteiger partial charge in [-0.3, -0.25) is 14.4 Å². The number of hydrogen-bond donors (Lipinski definition) is 3. The molecular formula is C27H25F4N3O7. The molecule has 3 N–H and O–H groups in total. The highest BCUT2D eigenvalue weighted by Gasteiger charge is 2.46. The van der Waals surface area contributed by atoms with Crippen molar-refractivity contribution in [3.8, 4) is 11.5 Å². The first kappa shape index (κ1) is 29.6. The molecule has 1 saturated heterocycles.